The number of benzene rings is 3. The number of piperazine rings is 1. The fourth-order valence-electron chi connectivity index (χ4n) is 5.43. The minimum Gasteiger partial charge on any atom is -0.497 e. The predicted molar refractivity (Wildman–Crippen MR) is 170 cm³/mol. The van der Waals surface area contributed by atoms with Gasteiger partial charge < -0.3 is 19.3 Å². The van der Waals surface area contributed by atoms with E-state index >= 15 is 0 Å². The van der Waals surface area contributed by atoms with Crippen molar-refractivity contribution in [1.29, 1.82) is 0 Å². The molecule has 0 spiro atoms. The van der Waals surface area contributed by atoms with Gasteiger partial charge in [-0.05, 0) is 67.9 Å². The van der Waals surface area contributed by atoms with E-state index in [0.29, 0.717) is 30.4 Å². The first-order chi connectivity index (χ1) is 19.8. The third-order valence-electron chi connectivity index (χ3n) is 7.58. The SMILES string of the molecule is CCN1CCN(C(=O)N2C(c3ccc(OC)cc3OC(C)C)=NC(c3ccc(Br)cc3)C2c2ccc(Br)cc2)CC1. The summed E-state index contributed by atoms with van der Waals surface area (Å²) < 4.78 is 13.8. The lowest BCUT2D eigenvalue weighted by atomic mass is 9.94. The summed E-state index contributed by atoms with van der Waals surface area (Å²) in [5.74, 6) is 1.93. The number of carbonyl (C=O) groups is 1. The molecule has 0 radical (unpaired) electrons. The minimum absolute atomic E-state index is 0.0432. The number of likely N-dealkylation sites (N-methyl/N-ethyl adjacent to an activating group) is 1. The summed E-state index contributed by atoms with van der Waals surface area (Å²) in [7, 11) is 1.64. The highest BCUT2D eigenvalue weighted by atomic mass is 79.9. The van der Waals surface area contributed by atoms with Crippen LogP contribution in [0.3, 0.4) is 0 Å². The van der Waals surface area contributed by atoms with Gasteiger partial charge in [0.2, 0.25) is 0 Å². The van der Waals surface area contributed by atoms with Crippen molar-refractivity contribution in [3.63, 3.8) is 0 Å². The van der Waals surface area contributed by atoms with Gasteiger partial charge in [-0.15, -0.1) is 0 Å². The lowest BCUT2D eigenvalue weighted by Crippen LogP contribution is -2.54. The zero-order valence-electron chi connectivity index (χ0n) is 23.9. The van der Waals surface area contributed by atoms with Crippen LogP contribution in [0.25, 0.3) is 0 Å². The molecule has 2 aliphatic rings. The van der Waals surface area contributed by atoms with E-state index in [4.69, 9.17) is 14.5 Å². The molecular weight excluding hydrogens is 648 g/mol. The fourth-order valence-corrected chi connectivity index (χ4v) is 5.96. The first kappa shape index (κ1) is 29.6. The Labute approximate surface area is 259 Å². The van der Waals surface area contributed by atoms with Crippen LogP contribution in [-0.4, -0.2) is 72.5 Å². The average molecular weight is 684 g/mol. The Balaban J connectivity index is 1.67. The molecule has 1 saturated heterocycles. The largest absolute Gasteiger partial charge is 0.497 e. The van der Waals surface area contributed by atoms with E-state index in [1.807, 2.05) is 66.1 Å². The Morgan fingerprint density at radius 3 is 2.10 bits per heavy atom. The Morgan fingerprint density at radius 1 is 0.927 bits per heavy atom. The smallest absolute Gasteiger partial charge is 0.326 e. The zero-order valence-corrected chi connectivity index (χ0v) is 27.1. The number of methoxy groups -OCH3 is 1. The summed E-state index contributed by atoms with van der Waals surface area (Å²) in [6.07, 6.45) is -0.0707. The van der Waals surface area contributed by atoms with Crippen molar-refractivity contribution in [3.05, 3.63) is 92.4 Å². The molecule has 2 unspecified atom stereocenters. The lowest BCUT2D eigenvalue weighted by Gasteiger charge is -2.39. The monoisotopic (exact) mass is 682 g/mol. The number of nitrogens with zero attached hydrogens (tertiary/aromatic N) is 4. The van der Waals surface area contributed by atoms with Gasteiger partial charge in [-0.2, -0.15) is 0 Å². The van der Waals surface area contributed by atoms with E-state index < -0.39 is 0 Å². The van der Waals surface area contributed by atoms with Crippen molar-refractivity contribution in [2.24, 2.45) is 4.99 Å². The van der Waals surface area contributed by atoms with Crippen molar-refractivity contribution >= 4 is 43.7 Å². The molecule has 2 atom stereocenters. The molecule has 41 heavy (non-hydrogen) atoms. The molecular formula is C32H36Br2N4O3. The van der Waals surface area contributed by atoms with Gasteiger partial charge in [-0.25, -0.2) is 4.79 Å². The van der Waals surface area contributed by atoms with Crippen molar-refractivity contribution in [3.8, 4) is 11.5 Å². The zero-order chi connectivity index (χ0) is 29.1. The van der Waals surface area contributed by atoms with Crippen molar-refractivity contribution < 1.29 is 14.3 Å². The Bertz CT molecular complexity index is 1390. The van der Waals surface area contributed by atoms with Gasteiger partial charge in [0.25, 0.3) is 0 Å². The standard InChI is InChI=1S/C32H36Br2N4O3/c1-5-36-16-18-37(19-17-36)32(39)38-30(23-8-12-25(34)13-9-23)29(22-6-10-24(33)11-7-22)35-31(38)27-15-14-26(40-4)20-28(27)41-21(2)3/h6-15,20-21,29-30H,5,16-19H2,1-4H3. The van der Waals surface area contributed by atoms with Crippen LogP contribution >= 0.6 is 31.9 Å². The molecule has 0 bridgehead atoms. The van der Waals surface area contributed by atoms with Gasteiger partial charge in [0.05, 0.1) is 24.8 Å². The van der Waals surface area contributed by atoms with Crippen molar-refractivity contribution in [2.75, 3.05) is 39.8 Å². The highest BCUT2D eigenvalue weighted by molar-refractivity contribution is 9.10. The molecule has 0 saturated carbocycles. The van der Waals surface area contributed by atoms with E-state index in [1.54, 1.807) is 7.11 Å². The first-order valence-electron chi connectivity index (χ1n) is 14.0. The number of ether oxygens (including phenoxy) is 2. The Hall–Kier alpha value is -2.88. The molecule has 0 aliphatic carbocycles. The number of urea groups is 1. The number of amides is 2. The normalized spacial score (nSPS) is 19.4. The molecule has 9 heteroatoms. The van der Waals surface area contributed by atoms with Gasteiger partial charge in [-0.1, -0.05) is 63.0 Å². The quantitative estimate of drug-likeness (QED) is 0.262. The molecule has 7 nitrogen and oxygen atoms in total. The molecule has 216 valence electrons. The van der Waals surface area contributed by atoms with E-state index in [0.717, 1.165) is 45.3 Å². The van der Waals surface area contributed by atoms with Gasteiger partial charge in [0, 0.05) is 41.2 Å². The highest BCUT2D eigenvalue weighted by Gasteiger charge is 2.45. The second kappa shape index (κ2) is 13.0. The Kier molecular flexibility index (Phi) is 9.36. The summed E-state index contributed by atoms with van der Waals surface area (Å²) in [5, 5.41) is 0. The molecule has 2 heterocycles. The minimum atomic E-state index is -0.343. The molecule has 5 rings (SSSR count). The number of hydrogen-bond acceptors (Lipinski definition) is 5. The third kappa shape index (κ3) is 6.47. The molecule has 0 aromatic heterocycles. The molecule has 1 fully saturated rings. The number of carbonyl (C=O) groups excluding carboxylic acids is 1. The predicted octanol–water partition coefficient (Wildman–Crippen LogP) is 7.31. The Morgan fingerprint density at radius 2 is 1.54 bits per heavy atom. The van der Waals surface area contributed by atoms with Crippen LogP contribution in [0, 0.1) is 0 Å². The van der Waals surface area contributed by atoms with Crippen LogP contribution in [0.4, 0.5) is 4.79 Å². The summed E-state index contributed by atoms with van der Waals surface area (Å²) in [4.78, 5) is 26.1. The van der Waals surface area contributed by atoms with Crippen LogP contribution in [0.2, 0.25) is 0 Å². The maximum absolute atomic E-state index is 14.6. The summed E-state index contributed by atoms with van der Waals surface area (Å²) >= 11 is 7.15. The van der Waals surface area contributed by atoms with E-state index in [9.17, 15) is 4.79 Å². The summed E-state index contributed by atoms with van der Waals surface area (Å²) in [6, 6.07) is 21.4. The number of aliphatic imine (C=N–C) groups is 1. The van der Waals surface area contributed by atoms with Crippen LogP contribution in [-0.2, 0) is 0 Å². The second-order valence-electron chi connectivity index (χ2n) is 10.5. The van der Waals surface area contributed by atoms with Crippen molar-refractivity contribution in [1.82, 2.24) is 14.7 Å². The number of amidine groups is 1. The molecule has 2 amide bonds. The maximum Gasteiger partial charge on any atom is 0.326 e. The van der Waals surface area contributed by atoms with Gasteiger partial charge in [0.15, 0.2) is 0 Å². The second-order valence-corrected chi connectivity index (χ2v) is 12.4. The molecule has 0 N–H and O–H groups in total. The topological polar surface area (TPSA) is 57.6 Å². The highest BCUT2D eigenvalue weighted by Crippen LogP contribution is 2.46. The number of rotatable bonds is 7. The van der Waals surface area contributed by atoms with Crippen LogP contribution < -0.4 is 9.47 Å². The third-order valence-corrected chi connectivity index (χ3v) is 8.64. The van der Waals surface area contributed by atoms with Gasteiger partial charge in [-0.3, -0.25) is 9.89 Å². The van der Waals surface area contributed by atoms with Gasteiger partial charge in [0.1, 0.15) is 23.4 Å². The molecule has 2 aliphatic heterocycles. The maximum atomic E-state index is 14.6. The fraction of sp³-hybridized carbons (Fsp3) is 0.375. The van der Waals surface area contributed by atoms with Gasteiger partial charge >= 0.3 is 6.03 Å². The van der Waals surface area contributed by atoms with E-state index in [2.05, 4.69) is 67.9 Å². The van der Waals surface area contributed by atoms with Crippen LogP contribution in [0.15, 0.2) is 80.7 Å². The molecule has 3 aromatic carbocycles. The van der Waals surface area contributed by atoms with Crippen LogP contribution in [0.5, 0.6) is 11.5 Å². The first-order valence-corrected chi connectivity index (χ1v) is 15.6. The van der Waals surface area contributed by atoms with Crippen molar-refractivity contribution in [2.45, 2.75) is 39.0 Å². The van der Waals surface area contributed by atoms with E-state index in [1.165, 1.54) is 0 Å². The average Bonchev–Trinajstić information content (AvgIpc) is 3.37. The number of hydrogen-bond donors (Lipinski definition) is 0. The summed E-state index contributed by atoms with van der Waals surface area (Å²) in [6.45, 7) is 10.2. The lowest BCUT2D eigenvalue weighted by molar-refractivity contribution is 0.122. The summed E-state index contributed by atoms with van der Waals surface area (Å²) in [5.41, 5.74) is 2.81. The molecule has 3 aromatic rings. The van der Waals surface area contributed by atoms with Crippen LogP contribution in [0.1, 0.15) is 49.5 Å². The van der Waals surface area contributed by atoms with E-state index in [-0.39, 0.29) is 24.2 Å². The number of halogens is 2.